The van der Waals surface area contributed by atoms with Gasteiger partial charge in [-0.1, -0.05) is 29.8 Å². The molecule has 0 bridgehead atoms. The molecule has 0 aromatic heterocycles. The van der Waals surface area contributed by atoms with Crippen molar-refractivity contribution in [3.05, 3.63) is 63.2 Å². The van der Waals surface area contributed by atoms with Gasteiger partial charge in [0.25, 0.3) is 0 Å². The molecule has 2 aromatic carbocycles. The van der Waals surface area contributed by atoms with Crippen LogP contribution < -0.4 is 0 Å². The minimum atomic E-state index is 0.393. The fourth-order valence-corrected chi connectivity index (χ4v) is 2.72. The molecule has 0 radical (unpaired) electrons. The SMILES string of the molecule is Cc1cc(C)c(/C=C/c2cc(C)c(O)c(C)c2)c(C)c1. The zero-order valence-corrected chi connectivity index (χ0v) is 12.9. The Hall–Kier alpha value is -2.02. The minimum absolute atomic E-state index is 0.393. The molecule has 1 nitrogen and oxygen atoms in total. The van der Waals surface area contributed by atoms with Crippen molar-refractivity contribution < 1.29 is 5.11 Å². The van der Waals surface area contributed by atoms with Crippen LogP contribution in [0.1, 0.15) is 38.9 Å². The summed E-state index contributed by atoms with van der Waals surface area (Å²) in [4.78, 5) is 0. The van der Waals surface area contributed by atoms with Crippen molar-refractivity contribution >= 4 is 12.2 Å². The van der Waals surface area contributed by atoms with E-state index >= 15 is 0 Å². The second-order valence-electron chi connectivity index (χ2n) is 5.65. The molecule has 0 spiro atoms. The molecule has 0 saturated carbocycles. The van der Waals surface area contributed by atoms with Gasteiger partial charge in [0.2, 0.25) is 0 Å². The molecule has 0 aliphatic rings. The van der Waals surface area contributed by atoms with Crippen LogP contribution in [-0.2, 0) is 0 Å². The number of hydrogen-bond donors (Lipinski definition) is 1. The van der Waals surface area contributed by atoms with Crippen LogP contribution in [0.15, 0.2) is 24.3 Å². The van der Waals surface area contributed by atoms with Crippen LogP contribution in [0, 0.1) is 34.6 Å². The summed E-state index contributed by atoms with van der Waals surface area (Å²) in [5.74, 6) is 0.393. The molecule has 0 amide bonds. The van der Waals surface area contributed by atoms with E-state index in [0.717, 1.165) is 16.7 Å². The Kier molecular flexibility index (Phi) is 3.99. The summed E-state index contributed by atoms with van der Waals surface area (Å²) in [6.45, 7) is 10.3. The lowest BCUT2D eigenvalue weighted by Gasteiger charge is -2.08. The third kappa shape index (κ3) is 2.93. The van der Waals surface area contributed by atoms with Crippen LogP contribution in [0.2, 0.25) is 0 Å². The maximum atomic E-state index is 9.81. The average molecular weight is 266 g/mol. The van der Waals surface area contributed by atoms with E-state index in [0.29, 0.717) is 5.75 Å². The number of rotatable bonds is 2. The summed E-state index contributed by atoms with van der Waals surface area (Å²) in [5.41, 5.74) is 8.13. The second-order valence-corrected chi connectivity index (χ2v) is 5.65. The summed E-state index contributed by atoms with van der Waals surface area (Å²) < 4.78 is 0. The van der Waals surface area contributed by atoms with Crippen LogP contribution in [0.3, 0.4) is 0 Å². The molecule has 20 heavy (non-hydrogen) atoms. The Morgan fingerprint density at radius 1 is 0.700 bits per heavy atom. The van der Waals surface area contributed by atoms with Gasteiger partial charge in [-0.15, -0.1) is 0 Å². The first kappa shape index (κ1) is 14.4. The van der Waals surface area contributed by atoms with Gasteiger partial charge in [-0.25, -0.2) is 0 Å². The van der Waals surface area contributed by atoms with E-state index in [2.05, 4.69) is 45.1 Å². The molecular formula is C19H22O. The van der Waals surface area contributed by atoms with Crippen molar-refractivity contribution in [2.45, 2.75) is 34.6 Å². The molecule has 1 N–H and O–H groups in total. The number of benzene rings is 2. The maximum Gasteiger partial charge on any atom is 0.121 e. The Labute approximate surface area is 121 Å². The van der Waals surface area contributed by atoms with Gasteiger partial charge in [-0.2, -0.15) is 0 Å². The van der Waals surface area contributed by atoms with Crippen molar-refractivity contribution in [3.63, 3.8) is 0 Å². The van der Waals surface area contributed by atoms with Gasteiger partial charge in [0, 0.05) is 0 Å². The highest BCUT2D eigenvalue weighted by molar-refractivity contribution is 5.74. The zero-order valence-electron chi connectivity index (χ0n) is 12.9. The Morgan fingerprint density at radius 2 is 1.20 bits per heavy atom. The molecule has 104 valence electrons. The van der Waals surface area contributed by atoms with E-state index in [1.54, 1.807) is 0 Å². The van der Waals surface area contributed by atoms with Gasteiger partial charge in [-0.05, 0) is 80.1 Å². The second kappa shape index (κ2) is 5.54. The van der Waals surface area contributed by atoms with Crippen LogP contribution >= 0.6 is 0 Å². The Morgan fingerprint density at radius 3 is 1.70 bits per heavy atom. The molecular weight excluding hydrogens is 244 g/mol. The van der Waals surface area contributed by atoms with Crippen molar-refractivity contribution in [3.8, 4) is 5.75 Å². The molecule has 0 heterocycles. The van der Waals surface area contributed by atoms with Gasteiger partial charge < -0.3 is 5.11 Å². The fraction of sp³-hybridized carbons (Fsp3) is 0.263. The molecule has 0 atom stereocenters. The van der Waals surface area contributed by atoms with E-state index in [1.807, 2.05) is 26.0 Å². The van der Waals surface area contributed by atoms with Crippen LogP contribution in [0.25, 0.3) is 12.2 Å². The predicted octanol–water partition coefficient (Wildman–Crippen LogP) is 5.10. The molecule has 0 unspecified atom stereocenters. The lowest BCUT2D eigenvalue weighted by Crippen LogP contribution is -1.88. The lowest BCUT2D eigenvalue weighted by molar-refractivity contribution is 0.467. The summed E-state index contributed by atoms with van der Waals surface area (Å²) in [6.07, 6.45) is 4.28. The van der Waals surface area contributed by atoms with E-state index in [4.69, 9.17) is 0 Å². The van der Waals surface area contributed by atoms with Crippen molar-refractivity contribution in [1.82, 2.24) is 0 Å². The molecule has 0 saturated heterocycles. The first-order valence-electron chi connectivity index (χ1n) is 6.94. The highest BCUT2D eigenvalue weighted by Gasteiger charge is 2.03. The van der Waals surface area contributed by atoms with Gasteiger partial charge in [0.1, 0.15) is 5.75 Å². The van der Waals surface area contributed by atoms with E-state index < -0.39 is 0 Å². The van der Waals surface area contributed by atoms with Crippen molar-refractivity contribution in [2.24, 2.45) is 0 Å². The monoisotopic (exact) mass is 266 g/mol. The number of hydrogen-bond acceptors (Lipinski definition) is 1. The van der Waals surface area contributed by atoms with Crippen LogP contribution in [0.4, 0.5) is 0 Å². The normalized spacial score (nSPS) is 11.2. The number of phenols is 1. The number of aromatic hydroxyl groups is 1. The summed E-state index contributed by atoms with van der Waals surface area (Å²) >= 11 is 0. The molecule has 0 aliphatic heterocycles. The maximum absolute atomic E-state index is 9.81. The van der Waals surface area contributed by atoms with Crippen molar-refractivity contribution in [1.29, 1.82) is 0 Å². The van der Waals surface area contributed by atoms with E-state index in [9.17, 15) is 5.11 Å². The standard InChI is InChI=1S/C19H22O/c1-12-8-13(2)18(14(3)9-12)7-6-17-10-15(4)19(20)16(5)11-17/h6-11,20H,1-5H3/b7-6+. The number of aryl methyl sites for hydroxylation is 5. The van der Waals surface area contributed by atoms with E-state index in [1.165, 1.54) is 22.3 Å². The molecule has 2 aromatic rings. The fourth-order valence-electron chi connectivity index (χ4n) is 2.72. The smallest absolute Gasteiger partial charge is 0.121 e. The Bertz CT molecular complexity index is 632. The molecule has 2 rings (SSSR count). The van der Waals surface area contributed by atoms with Gasteiger partial charge >= 0.3 is 0 Å². The Balaban J connectivity index is 2.40. The minimum Gasteiger partial charge on any atom is -0.507 e. The summed E-state index contributed by atoms with van der Waals surface area (Å²) in [7, 11) is 0. The van der Waals surface area contributed by atoms with Crippen LogP contribution in [0.5, 0.6) is 5.75 Å². The van der Waals surface area contributed by atoms with Crippen molar-refractivity contribution in [2.75, 3.05) is 0 Å². The van der Waals surface area contributed by atoms with Crippen LogP contribution in [-0.4, -0.2) is 5.11 Å². The zero-order chi connectivity index (χ0) is 14.9. The first-order valence-corrected chi connectivity index (χ1v) is 6.94. The third-order valence-corrected chi connectivity index (χ3v) is 3.69. The largest absolute Gasteiger partial charge is 0.507 e. The summed E-state index contributed by atoms with van der Waals surface area (Å²) in [5, 5.41) is 9.81. The quantitative estimate of drug-likeness (QED) is 0.749. The highest BCUT2D eigenvalue weighted by Crippen LogP contribution is 2.25. The average Bonchev–Trinajstić information content (AvgIpc) is 2.34. The number of phenolic OH excluding ortho intramolecular Hbond substituents is 1. The van der Waals surface area contributed by atoms with E-state index in [-0.39, 0.29) is 0 Å². The lowest BCUT2D eigenvalue weighted by atomic mass is 9.98. The van der Waals surface area contributed by atoms with Gasteiger partial charge in [-0.3, -0.25) is 0 Å². The highest BCUT2D eigenvalue weighted by atomic mass is 16.3. The molecule has 1 heteroatoms. The first-order chi connectivity index (χ1) is 9.38. The molecule has 0 fully saturated rings. The molecule has 0 aliphatic carbocycles. The third-order valence-electron chi connectivity index (χ3n) is 3.69. The topological polar surface area (TPSA) is 20.2 Å². The summed E-state index contributed by atoms with van der Waals surface area (Å²) in [6, 6.07) is 8.44. The predicted molar refractivity (Wildman–Crippen MR) is 87.2 cm³/mol. The van der Waals surface area contributed by atoms with Gasteiger partial charge in [0.05, 0.1) is 0 Å². The van der Waals surface area contributed by atoms with Gasteiger partial charge in [0.15, 0.2) is 0 Å².